The van der Waals surface area contributed by atoms with Gasteiger partial charge in [0.05, 0.1) is 18.4 Å². The molecule has 0 spiro atoms. The second kappa shape index (κ2) is 3.55. The third-order valence-electron chi connectivity index (χ3n) is 3.69. The summed E-state index contributed by atoms with van der Waals surface area (Å²) in [5.74, 6) is 0.0260. The molecule has 17 heavy (non-hydrogen) atoms. The van der Waals surface area contributed by atoms with Gasteiger partial charge in [-0.25, -0.2) is 0 Å². The number of hydrogen-bond donors (Lipinski definition) is 1. The number of aliphatic hydroxyl groups excluding tert-OH is 1. The second-order valence-electron chi connectivity index (χ2n) is 4.67. The molecule has 90 valence electrons. The largest absolute Gasteiger partial charge is 0.388 e. The van der Waals surface area contributed by atoms with Crippen LogP contribution in [0.25, 0.3) is 0 Å². The van der Waals surface area contributed by atoms with Crippen LogP contribution in [-0.4, -0.2) is 22.8 Å². The number of anilines is 1. The fraction of sp³-hybridized carbons (Fsp3) is 0.462. The summed E-state index contributed by atoms with van der Waals surface area (Å²) in [4.78, 5) is 13.7. The maximum atomic E-state index is 12.0. The first-order valence-corrected chi connectivity index (χ1v) is 5.88. The van der Waals surface area contributed by atoms with Crippen LogP contribution in [0.4, 0.5) is 5.69 Å². The molecule has 0 aromatic heterocycles. The van der Waals surface area contributed by atoms with E-state index in [0.29, 0.717) is 19.4 Å². The maximum absolute atomic E-state index is 12.0. The van der Waals surface area contributed by atoms with Gasteiger partial charge in [-0.1, -0.05) is 18.2 Å². The standard InChI is InChI=1S/C13H15NO3/c1-9(15)13-7-6-12(16)14(13)11-5-3-2-4-10(11)8-17-13/h2-5,9,15H,6-8H2,1H3/t9-,13+/m1/s1. The third kappa shape index (κ3) is 1.34. The quantitative estimate of drug-likeness (QED) is 0.798. The molecule has 1 aromatic rings. The number of rotatable bonds is 1. The molecule has 2 aliphatic heterocycles. The lowest BCUT2D eigenvalue weighted by atomic mass is 10.0. The molecule has 1 N–H and O–H groups in total. The maximum Gasteiger partial charge on any atom is 0.229 e. The summed E-state index contributed by atoms with van der Waals surface area (Å²) in [5.41, 5.74) is 1.02. The Morgan fingerprint density at radius 1 is 1.47 bits per heavy atom. The zero-order chi connectivity index (χ0) is 12.0. The number of ether oxygens (including phenoxy) is 1. The number of hydrogen-bond acceptors (Lipinski definition) is 3. The molecular formula is C13H15NO3. The van der Waals surface area contributed by atoms with Crippen LogP contribution < -0.4 is 4.90 Å². The van der Waals surface area contributed by atoms with Crippen LogP contribution in [0.1, 0.15) is 25.3 Å². The normalized spacial score (nSPS) is 28.8. The molecule has 3 rings (SSSR count). The van der Waals surface area contributed by atoms with Crippen molar-refractivity contribution in [2.24, 2.45) is 0 Å². The topological polar surface area (TPSA) is 49.8 Å². The summed E-state index contributed by atoms with van der Waals surface area (Å²) in [6, 6.07) is 7.70. The Bertz CT molecular complexity index is 471. The van der Waals surface area contributed by atoms with Crippen LogP contribution in [-0.2, 0) is 16.1 Å². The number of carbonyl (C=O) groups excluding carboxylic acids is 1. The minimum atomic E-state index is -0.856. The zero-order valence-electron chi connectivity index (χ0n) is 9.72. The Morgan fingerprint density at radius 2 is 2.24 bits per heavy atom. The summed E-state index contributed by atoms with van der Waals surface area (Å²) in [6.07, 6.45) is 0.291. The van der Waals surface area contributed by atoms with Crippen molar-refractivity contribution in [2.45, 2.75) is 38.2 Å². The fourth-order valence-electron chi connectivity index (χ4n) is 2.77. The van der Waals surface area contributed by atoms with Crippen molar-refractivity contribution in [2.75, 3.05) is 4.90 Å². The summed E-state index contributed by atoms with van der Waals surface area (Å²) < 4.78 is 5.80. The van der Waals surface area contributed by atoms with E-state index in [0.717, 1.165) is 11.3 Å². The van der Waals surface area contributed by atoms with Crippen LogP contribution in [0.5, 0.6) is 0 Å². The Labute approximate surface area is 99.8 Å². The highest BCUT2D eigenvalue weighted by Crippen LogP contribution is 2.44. The lowest BCUT2D eigenvalue weighted by Gasteiger charge is -2.44. The highest BCUT2D eigenvalue weighted by atomic mass is 16.5. The Kier molecular flexibility index (Phi) is 2.24. The average molecular weight is 233 g/mol. The molecule has 0 aliphatic carbocycles. The van der Waals surface area contributed by atoms with E-state index >= 15 is 0 Å². The molecule has 2 heterocycles. The Balaban J connectivity index is 2.15. The van der Waals surface area contributed by atoms with Crippen molar-refractivity contribution < 1.29 is 14.6 Å². The van der Waals surface area contributed by atoms with Gasteiger partial charge in [0.25, 0.3) is 0 Å². The van der Waals surface area contributed by atoms with Gasteiger partial charge >= 0.3 is 0 Å². The SMILES string of the molecule is C[C@@H](O)[C@@]12CCC(=O)N1c1ccccc1CO2. The number of fused-ring (bicyclic) bond motifs is 3. The Hall–Kier alpha value is -1.39. The first kappa shape index (κ1) is 10.7. The van der Waals surface area contributed by atoms with Gasteiger partial charge < -0.3 is 9.84 Å². The van der Waals surface area contributed by atoms with Gasteiger partial charge in [-0.15, -0.1) is 0 Å². The minimum absolute atomic E-state index is 0.0260. The van der Waals surface area contributed by atoms with E-state index in [1.165, 1.54) is 0 Å². The number of benzene rings is 1. The third-order valence-corrected chi connectivity index (χ3v) is 3.69. The van der Waals surface area contributed by atoms with Crippen LogP contribution in [0.3, 0.4) is 0 Å². The van der Waals surface area contributed by atoms with Crippen LogP contribution >= 0.6 is 0 Å². The van der Waals surface area contributed by atoms with Crippen molar-refractivity contribution in [3.05, 3.63) is 29.8 Å². The molecule has 4 heteroatoms. The second-order valence-corrected chi connectivity index (χ2v) is 4.67. The lowest BCUT2D eigenvalue weighted by Crippen LogP contribution is -2.57. The van der Waals surface area contributed by atoms with Gasteiger partial charge in [0.15, 0.2) is 5.72 Å². The molecule has 1 saturated heterocycles. The van der Waals surface area contributed by atoms with E-state index in [2.05, 4.69) is 0 Å². The van der Waals surface area contributed by atoms with Crippen molar-refractivity contribution >= 4 is 11.6 Å². The summed E-state index contributed by atoms with van der Waals surface area (Å²) in [7, 11) is 0. The zero-order valence-corrected chi connectivity index (χ0v) is 9.72. The smallest absolute Gasteiger partial charge is 0.229 e. The minimum Gasteiger partial charge on any atom is -0.388 e. The monoisotopic (exact) mass is 233 g/mol. The lowest BCUT2D eigenvalue weighted by molar-refractivity contribution is -0.136. The summed E-state index contributed by atoms with van der Waals surface area (Å²) in [6.45, 7) is 2.13. The number of para-hydroxylation sites is 1. The molecule has 0 unspecified atom stereocenters. The number of amides is 1. The Morgan fingerprint density at radius 3 is 3.00 bits per heavy atom. The van der Waals surface area contributed by atoms with Gasteiger partial charge in [-0.3, -0.25) is 9.69 Å². The highest BCUT2D eigenvalue weighted by molar-refractivity contribution is 5.98. The predicted molar refractivity (Wildman–Crippen MR) is 62.4 cm³/mol. The van der Waals surface area contributed by atoms with E-state index in [1.807, 2.05) is 24.3 Å². The number of nitrogens with zero attached hydrogens (tertiary/aromatic N) is 1. The fourth-order valence-corrected chi connectivity index (χ4v) is 2.77. The van der Waals surface area contributed by atoms with Gasteiger partial charge in [0, 0.05) is 18.4 Å². The van der Waals surface area contributed by atoms with Gasteiger partial charge in [-0.2, -0.15) is 0 Å². The molecule has 2 aliphatic rings. The number of aliphatic hydroxyl groups is 1. The van der Waals surface area contributed by atoms with Crippen LogP contribution in [0, 0.1) is 0 Å². The molecular weight excluding hydrogens is 218 g/mol. The van der Waals surface area contributed by atoms with Gasteiger partial charge in [0.2, 0.25) is 5.91 Å². The van der Waals surface area contributed by atoms with E-state index in [-0.39, 0.29) is 5.91 Å². The van der Waals surface area contributed by atoms with Gasteiger partial charge in [0.1, 0.15) is 0 Å². The molecule has 2 atom stereocenters. The van der Waals surface area contributed by atoms with E-state index < -0.39 is 11.8 Å². The van der Waals surface area contributed by atoms with Crippen LogP contribution in [0.2, 0.25) is 0 Å². The van der Waals surface area contributed by atoms with E-state index in [4.69, 9.17) is 4.74 Å². The van der Waals surface area contributed by atoms with Crippen molar-refractivity contribution in [1.82, 2.24) is 0 Å². The van der Waals surface area contributed by atoms with Crippen molar-refractivity contribution in [3.8, 4) is 0 Å². The molecule has 1 aromatic carbocycles. The van der Waals surface area contributed by atoms with Crippen LogP contribution in [0.15, 0.2) is 24.3 Å². The van der Waals surface area contributed by atoms with E-state index in [1.54, 1.807) is 11.8 Å². The first-order valence-electron chi connectivity index (χ1n) is 5.88. The summed E-state index contributed by atoms with van der Waals surface area (Å²) >= 11 is 0. The average Bonchev–Trinajstić information content (AvgIpc) is 2.69. The van der Waals surface area contributed by atoms with Crippen molar-refractivity contribution in [3.63, 3.8) is 0 Å². The number of carbonyl (C=O) groups is 1. The molecule has 0 bridgehead atoms. The molecule has 0 saturated carbocycles. The molecule has 1 amide bonds. The molecule has 1 fully saturated rings. The molecule has 0 radical (unpaired) electrons. The first-order chi connectivity index (χ1) is 8.15. The van der Waals surface area contributed by atoms with Gasteiger partial charge in [-0.05, 0) is 13.0 Å². The van der Waals surface area contributed by atoms with Crippen molar-refractivity contribution in [1.29, 1.82) is 0 Å². The predicted octanol–water partition coefficient (Wildman–Crippen LogP) is 1.42. The highest BCUT2D eigenvalue weighted by Gasteiger charge is 2.53. The van der Waals surface area contributed by atoms with E-state index in [9.17, 15) is 9.90 Å². The summed E-state index contributed by atoms with van der Waals surface area (Å²) in [5, 5.41) is 9.96. The molecule has 4 nitrogen and oxygen atoms in total.